The number of ketones is 1. The molecule has 2 fully saturated rings. The van der Waals surface area contributed by atoms with E-state index in [9.17, 15) is 4.79 Å². The lowest BCUT2D eigenvalue weighted by Crippen LogP contribution is -2.40. The van der Waals surface area contributed by atoms with Crippen molar-refractivity contribution in [3.63, 3.8) is 0 Å². The second-order valence-corrected chi connectivity index (χ2v) is 5.85. The van der Waals surface area contributed by atoms with Crippen LogP contribution in [0.15, 0.2) is 18.2 Å². The second-order valence-electron chi connectivity index (χ2n) is 5.85. The van der Waals surface area contributed by atoms with Crippen molar-refractivity contribution in [2.24, 2.45) is 5.92 Å². The molecule has 2 bridgehead atoms. The van der Waals surface area contributed by atoms with Crippen molar-refractivity contribution < 1.29 is 9.53 Å². The number of nitrogens with one attached hydrogen (secondary N) is 1. The first-order chi connectivity index (χ1) is 9.17. The van der Waals surface area contributed by atoms with Gasteiger partial charge in [-0.25, -0.2) is 0 Å². The molecule has 2 unspecified atom stereocenters. The molecule has 2 aliphatic heterocycles. The van der Waals surface area contributed by atoms with Gasteiger partial charge in [0, 0.05) is 23.6 Å². The van der Waals surface area contributed by atoms with Crippen molar-refractivity contribution >= 4 is 5.78 Å². The van der Waals surface area contributed by atoms with Crippen LogP contribution in [0.5, 0.6) is 5.75 Å². The average molecular weight is 259 g/mol. The monoisotopic (exact) mass is 259 g/mol. The number of hydrogen-bond acceptors (Lipinski definition) is 3. The molecule has 0 amide bonds. The number of rotatable bonds is 3. The van der Waals surface area contributed by atoms with Gasteiger partial charge in [0.1, 0.15) is 5.75 Å². The van der Waals surface area contributed by atoms with Gasteiger partial charge >= 0.3 is 0 Å². The zero-order valence-electron chi connectivity index (χ0n) is 11.6. The van der Waals surface area contributed by atoms with E-state index in [0.29, 0.717) is 17.9 Å². The number of Topliss-reactive ketones (excluding diaryl/α,β-unsaturated/α-hetero) is 1. The summed E-state index contributed by atoms with van der Waals surface area (Å²) in [5.74, 6) is 1.34. The van der Waals surface area contributed by atoms with Crippen molar-refractivity contribution in [3.8, 4) is 5.75 Å². The quantitative estimate of drug-likeness (QED) is 0.848. The fourth-order valence-electron chi connectivity index (χ4n) is 3.53. The Balaban J connectivity index is 1.80. The minimum atomic E-state index is 0.200. The number of methoxy groups -OCH3 is 1. The Morgan fingerprint density at radius 3 is 2.53 bits per heavy atom. The summed E-state index contributed by atoms with van der Waals surface area (Å²) in [6.45, 7) is 1.99. The topological polar surface area (TPSA) is 38.3 Å². The van der Waals surface area contributed by atoms with Crippen molar-refractivity contribution in [2.45, 2.75) is 44.7 Å². The van der Waals surface area contributed by atoms with Crippen LogP contribution >= 0.6 is 0 Å². The van der Waals surface area contributed by atoms with Gasteiger partial charge < -0.3 is 10.1 Å². The van der Waals surface area contributed by atoms with Gasteiger partial charge in [-0.1, -0.05) is 0 Å². The normalized spacial score (nSPS) is 29.3. The molecule has 2 heterocycles. The van der Waals surface area contributed by atoms with E-state index < -0.39 is 0 Å². The van der Waals surface area contributed by atoms with Gasteiger partial charge in [0.15, 0.2) is 5.78 Å². The molecule has 19 heavy (non-hydrogen) atoms. The third-order valence-electron chi connectivity index (χ3n) is 4.54. The number of aryl methyl sites for hydroxylation is 1. The van der Waals surface area contributed by atoms with Crippen molar-refractivity contribution in [3.05, 3.63) is 29.3 Å². The molecule has 0 saturated carbocycles. The van der Waals surface area contributed by atoms with Gasteiger partial charge in [0.05, 0.1) is 7.11 Å². The second kappa shape index (κ2) is 4.97. The van der Waals surface area contributed by atoms with Crippen LogP contribution in [0.2, 0.25) is 0 Å². The summed E-state index contributed by atoms with van der Waals surface area (Å²) < 4.78 is 5.20. The van der Waals surface area contributed by atoms with E-state index in [4.69, 9.17) is 4.74 Å². The van der Waals surface area contributed by atoms with Gasteiger partial charge in [0.2, 0.25) is 0 Å². The summed E-state index contributed by atoms with van der Waals surface area (Å²) in [5.41, 5.74) is 1.89. The van der Waals surface area contributed by atoms with Crippen LogP contribution in [0.25, 0.3) is 0 Å². The first-order valence-corrected chi connectivity index (χ1v) is 7.12. The zero-order chi connectivity index (χ0) is 13.4. The molecule has 102 valence electrons. The van der Waals surface area contributed by atoms with Gasteiger partial charge in [0.25, 0.3) is 0 Å². The van der Waals surface area contributed by atoms with Crippen LogP contribution in [0.1, 0.15) is 41.6 Å². The highest BCUT2D eigenvalue weighted by molar-refractivity contribution is 5.99. The molecular formula is C16H21NO2. The molecule has 2 aliphatic rings. The summed E-state index contributed by atoms with van der Waals surface area (Å²) in [5, 5.41) is 3.59. The van der Waals surface area contributed by atoms with Gasteiger partial charge in [-0.05, 0) is 56.4 Å². The number of piperidine rings is 1. The first-order valence-electron chi connectivity index (χ1n) is 7.12. The lowest BCUT2D eigenvalue weighted by Gasteiger charge is -2.28. The maximum absolute atomic E-state index is 12.7. The predicted octanol–water partition coefficient (Wildman–Crippen LogP) is 2.72. The van der Waals surface area contributed by atoms with E-state index in [0.717, 1.165) is 29.7 Å². The minimum Gasteiger partial charge on any atom is -0.497 e. The van der Waals surface area contributed by atoms with Gasteiger partial charge in [-0.2, -0.15) is 0 Å². The van der Waals surface area contributed by atoms with Crippen LogP contribution in [0.3, 0.4) is 0 Å². The Kier molecular flexibility index (Phi) is 3.31. The lowest BCUT2D eigenvalue weighted by molar-refractivity contribution is 0.0875. The maximum atomic E-state index is 12.7. The molecule has 2 atom stereocenters. The average Bonchev–Trinajstić information content (AvgIpc) is 2.76. The van der Waals surface area contributed by atoms with Crippen molar-refractivity contribution in [1.82, 2.24) is 5.32 Å². The standard InChI is InChI=1S/C16H21NO2/c1-10-7-14(19-2)5-6-15(10)16(18)11-8-12-3-4-13(9-11)17-12/h5-7,11-13,17H,3-4,8-9H2,1-2H3. The number of hydrogen-bond donors (Lipinski definition) is 1. The predicted molar refractivity (Wildman–Crippen MR) is 74.7 cm³/mol. The maximum Gasteiger partial charge on any atom is 0.166 e. The molecule has 3 nitrogen and oxygen atoms in total. The number of fused-ring (bicyclic) bond motifs is 2. The molecular weight excluding hydrogens is 238 g/mol. The molecule has 0 radical (unpaired) electrons. The summed E-state index contributed by atoms with van der Waals surface area (Å²) in [7, 11) is 1.65. The molecule has 1 aromatic rings. The van der Waals surface area contributed by atoms with Crippen LogP contribution in [0.4, 0.5) is 0 Å². The summed E-state index contributed by atoms with van der Waals surface area (Å²) in [6, 6.07) is 6.87. The Labute approximate surface area is 114 Å². The van der Waals surface area contributed by atoms with E-state index in [2.05, 4.69) is 5.32 Å². The lowest BCUT2D eigenvalue weighted by atomic mass is 9.85. The van der Waals surface area contributed by atoms with Crippen molar-refractivity contribution in [1.29, 1.82) is 0 Å². The van der Waals surface area contributed by atoms with E-state index in [1.165, 1.54) is 12.8 Å². The summed E-state index contributed by atoms with van der Waals surface area (Å²) in [6.07, 6.45) is 4.47. The number of benzene rings is 1. The Morgan fingerprint density at radius 2 is 1.95 bits per heavy atom. The number of carbonyl (C=O) groups is 1. The molecule has 3 rings (SSSR count). The fraction of sp³-hybridized carbons (Fsp3) is 0.562. The van der Waals surface area contributed by atoms with E-state index in [-0.39, 0.29) is 5.92 Å². The highest BCUT2D eigenvalue weighted by Crippen LogP contribution is 2.33. The summed E-state index contributed by atoms with van der Waals surface area (Å²) in [4.78, 5) is 12.7. The third-order valence-corrected chi connectivity index (χ3v) is 4.54. The molecule has 1 N–H and O–H groups in total. The summed E-state index contributed by atoms with van der Waals surface area (Å²) >= 11 is 0. The highest BCUT2D eigenvalue weighted by atomic mass is 16.5. The van der Waals surface area contributed by atoms with Gasteiger partial charge in [-0.3, -0.25) is 4.79 Å². The van der Waals surface area contributed by atoms with Crippen LogP contribution in [0, 0.1) is 12.8 Å². The van der Waals surface area contributed by atoms with E-state index in [1.54, 1.807) is 7.11 Å². The van der Waals surface area contributed by atoms with Crippen LogP contribution < -0.4 is 10.1 Å². The number of carbonyl (C=O) groups excluding carboxylic acids is 1. The third kappa shape index (κ3) is 2.39. The molecule has 3 heteroatoms. The largest absolute Gasteiger partial charge is 0.497 e. The Morgan fingerprint density at radius 1 is 1.26 bits per heavy atom. The zero-order valence-corrected chi connectivity index (χ0v) is 11.6. The molecule has 0 spiro atoms. The molecule has 1 aromatic carbocycles. The van der Waals surface area contributed by atoms with Crippen LogP contribution in [-0.4, -0.2) is 25.0 Å². The van der Waals surface area contributed by atoms with Crippen molar-refractivity contribution in [2.75, 3.05) is 7.11 Å². The first kappa shape index (κ1) is 12.7. The number of ether oxygens (including phenoxy) is 1. The fourth-order valence-corrected chi connectivity index (χ4v) is 3.53. The minimum absolute atomic E-state index is 0.200. The smallest absolute Gasteiger partial charge is 0.166 e. The van der Waals surface area contributed by atoms with Gasteiger partial charge in [-0.15, -0.1) is 0 Å². The SMILES string of the molecule is COc1ccc(C(=O)C2CC3CCC(C2)N3)c(C)c1. The van der Waals surface area contributed by atoms with E-state index >= 15 is 0 Å². The Bertz CT molecular complexity index is 486. The molecule has 2 saturated heterocycles. The molecule has 0 aliphatic carbocycles. The van der Waals surface area contributed by atoms with Crippen LogP contribution in [-0.2, 0) is 0 Å². The molecule has 0 aromatic heterocycles. The highest BCUT2D eigenvalue weighted by Gasteiger charge is 2.37. The van der Waals surface area contributed by atoms with E-state index in [1.807, 2.05) is 25.1 Å². The Hall–Kier alpha value is -1.35.